The zero-order valence-electron chi connectivity index (χ0n) is 13.1. The van der Waals surface area contributed by atoms with Crippen LogP contribution in [0, 0.1) is 6.92 Å². The van der Waals surface area contributed by atoms with Gasteiger partial charge in [0, 0.05) is 35.1 Å². The van der Waals surface area contributed by atoms with E-state index in [9.17, 15) is 4.79 Å². The number of benzene rings is 1. The quantitative estimate of drug-likeness (QED) is 0.859. The van der Waals surface area contributed by atoms with E-state index in [-0.39, 0.29) is 5.91 Å². The van der Waals surface area contributed by atoms with Crippen molar-refractivity contribution < 1.29 is 4.79 Å². The highest BCUT2D eigenvalue weighted by Crippen LogP contribution is 2.23. The van der Waals surface area contributed by atoms with Crippen LogP contribution in [0.15, 0.2) is 41.0 Å². The second kappa shape index (κ2) is 7.40. The van der Waals surface area contributed by atoms with Gasteiger partial charge < -0.3 is 10.2 Å². The number of carbonyl (C=O) groups excluding carboxylic acids is 1. The number of amides is 1. The van der Waals surface area contributed by atoms with Gasteiger partial charge in [0.25, 0.3) is 5.91 Å². The zero-order chi connectivity index (χ0) is 16.1. The van der Waals surface area contributed by atoms with Crippen LogP contribution in [0.3, 0.4) is 0 Å². The molecule has 0 unspecified atom stereocenters. The molecular formula is C17H20BrN3O. The Bertz CT molecular complexity index is 669. The average Bonchev–Trinajstić information content (AvgIpc) is 2.52. The lowest BCUT2D eigenvalue weighted by molar-refractivity contribution is 0.0767. The summed E-state index contributed by atoms with van der Waals surface area (Å²) >= 11 is 3.49. The van der Waals surface area contributed by atoms with Gasteiger partial charge in [0.15, 0.2) is 0 Å². The first-order valence-electron chi connectivity index (χ1n) is 7.33. The lowest BCUT2D eigenvalue weighted by atomic mass is 10.2. The molecule has 0 aliphatic rings. The van der Waals surface area contributed by atoms with Crippen molar-refractivity contribution in [1.29, 1.82) is 0 Å². The highest BCUT2D eigenvalue weighted by atomic mass is 79.9. The molecule has 116 valence electrons. The van der Waals surface area contributed by atoms with Gasteiger partial charge in [0.05, 0.1) is 0 Å². The molecule has 1 aromatic heterocycles. The van der Waals surface area contributed by atoms with Crippen molar-refractivity contribution in [2.45, 2.75) is 20.8 Å². The fraction of sp³-hybridized carbons (Fsp3) is 0.294. The molecule has 0 aliphatic heterocycles. The molecule has 4 nitrogen and oxygen atoms in total. The summed E-state index contributed by atoms with van der Waals surface area (Å²) in [5.74, 6) is -0.0411. The normalized spacial score (nSPS) is 10.4. The van der Waals surface area contributed by atoms with Crippen LogP contribution < -0.4 is 5.32 Å². The van der Waals surface area contributed by atoms with Crippen LogP contribution in [0.5, 0.6) is 0 Å². The van der Waals surface area contributed by atoms with Crippen LogP contribution in [0.4, 0.5) is 11.4 Å². The van der Waals surface area contributed by atoms with Crippen LogP contribution >= 0.6 is 15.9 Å². The first kappa shape index (κ1) is 16.5. The van der Waals surface area contributed by atoms with Crippen LogP contribution in [-0.2, 0) is 0 Å². The number of halogens is 1. The Morgan fingerprint density at radius 2 is 1.86 bits per heavy atom. The number of hydrogen-bond donors (Lipinski definition) is 1. The number of aryl methyl sites for hydroxylation is 1. The number of aromatic nitrogens is 1. The van der Waals surface area contributed by atoms with Gasteiger partial charge in [-0.2, -0.15) is 0 Å². The second-order valence-electron chi connectivity index (χ2n) is 5.00. The maximum atomic E-state index is 12.3. The summed E-state index contributed by atoms with van der Waals surface area (Å²) < 4.78 is 1.07. The topological polar surface area (TPSA) is 45.2 Å². The van der Waals surface area contributed by atoms with Crippen molar-refractivity contribution in [1.82, 2.24) is 9.88 Å². The summed E-state index contributed by atoms with van der Waals surface area (Å²) in [4.78, 5) is 18.3. The summed E-state index contributed by atoms with van der Waals surface area (Å²) in [6, 6.07) is 9.69. The standard InChI is InChI=1S/C17H20BrN3O/c1-4-21(5-2)17(22)16-11-14(8-9-19-16)20-13-6-7-15(18)12(3)10-13/h6-11H,4-5H2,1-3H3,(H,19,20). The van der Waals surface area contributed by atoms with E-state index in [1.165, 1.54) is 0 Å². The first-order chi connectivity index (χ1) is 10.5. The predicted octanol–water partition coefficient (Wildman–Crippen LogP) is 4.38. The molecule has 5 heteroatoms. The molecule has 0 aliphatic carbocycles. The number of carbonyl (C=O) groups is 1. The lowest BCUT2D eigenvalue weighted by Crippen LogP contribution is -2.31. The van der Waals surface area contributed by atoms with E-state index >= 15 is 0 Å². The molecule has 0 bridgehead atoms. The van der Waals surface area contributed by atoms with Gasteiger partial charge >= 0.3 is 0 Å². The minimum atomic E-state index is -0.0411. The maximum Gasteiger partial charge on any atom is 0.272 e. The zero-order valence-corrected chi connectivity index (χ0v) is 14.6. The van der Waals surface area contributed by atoms with Crippen molar-refractivity contribution in [3.63, 3.8) is 0 Å². The molecule has 0 fully saturated rings. The smallest absolute Gasteiger partial charge is 0.272 e. The Hall–Kier alpha value is -1.88. The van der Waals surface area contributed by atoms with Crippen LogP contribution in [-0.4, -0.2) is 28.9 Å². The van der Waals surface area contributed by atoms with Crippen LogP contribution in [0.2, 0.25) is 0 Å². The van der Waals surface area contributed by atoms with E-state index in [1.807, 2.05) is 39.0 Å². The van der Waals surface area contributed by atoms with Crippen molar-refractivity contribution in [2.24, 2.45) is 0 Å². The largest absolute Gasteiger partial charge is 0.355 e. The second-order valence-corrected chi connectivity index (χ2v) is 5.85. The number of rotatable bonds is 5. The van der Waals surface area contributed by atoms with E-state index < -0.39 is 0 Å². The summed E-state index contributed by atoms with van der Waals surface area (Å²) in [5.41, 5.74) is 3.45. The highest BCUT2D eigenvalue weighted by Gasteiger charge is 2.14. The number of anilines is 2. The highest BCUT2D eigenvalue weighted by molar-refractivity contribution is 9.10. The van der Waals surface area contributed by atoms with Crippen molar-refractivity contribution in [2.75, 3.05) is 18.4 Å². The predicted molar refractivity (Wildman–Crippen MR) is 93.7 cm³/mol. The monoisotopic (exact) mass is 361 g/mol. The minimum Gasteiger partial charge on any atom is -0.355 e. The van der Waals surface area contributed by atoms with E-state index in [0.29, 0.717) is 18.8 Å². The van der Waals surface area contributed by atoms with Crippen molar-refractivity contribution in [3.8, 4) is 0 Å². The molecule has 1 heterocycles. The Kier molecular flexibility index (Phi) is 5.55. The molecule has 0 saturated heterocycles. The number of pyridine rings is 1. The number of hydrogen-bond acceptors (Lipinski definition) is 3. The van der Waals surface area contributed by atoms with E-state index in [2.05, 4.69) is 32.3 Å². The lowest BCUT2D eigenvalue weighted by Gasteiger charge is -2.18. The van der Waals surface area contributed by atoms with E-state index in [1.54, 1.807) is 17.2 Å². The summed E-state index contributed by atoms with van der Waals surface area (Å²) in [5, 5.41) is 3.31. The molecule has 1 N–H and O–H groups in total. The molecule has 0 atom stereocenters. The molecular weight excluding hydrogens is 342 g/mol. The fourth-order valence-electron chi connectivity index (χ4n) is 2.19. The van der Waals surface area contributed by atoms with E-state index in [0.717, 1.165) is 21.4 Å². The third-order valence-corrected chi connectivity index (χ3v) is 4.37. The third kappa shape index (κ3) is 3.85. The minimum absolute atomic E-state index is 0.0411. The molecule has 0 saturated carbocycles. The molecule has 1 aromatic carbocycles. The van der Waals surface area contributed by atoms with Crippen molar-refractivity contribution in [3.05, 3.63) is 52.3 Å². The van der Waals surface area contributed by atoms with Gasteiger partial charge in [0.2, 0.25) is 0 Å². The molecule has 0 spiro atoms. The van der Waals surface area contributed by atoms with Gasteiger partial charge in [-0.1, -0.05) is 15.9 Å². The molecule has 2 aromatic rings. The Balaban J connectivity index is 2.21. The number of nitrogens with zero attached hydrogens (tertiary/aromatic N) is 2. The van der Waals surface area contributed by atoms with Gasteiger partial charge in [-0.25, -0.2) is 0 Å². The van der Waals surface area contributed by atoms with E-state index in [4.69, 9.17) is 0 Å². The van der Waals surface area contributed by atoms with Crippen molar-refractivity contribution >= 4 is 33.2 Å². The molecule has 1 amide bonds. The van der Waals surface area contributed by atoms with Gasteiger partial charge in [-0.3, -0.25) is 9.78 Å². The van der Waals surface area contributed by atoms with Gasteiger partial charge in [-0.15, -0.1) is 0 Å². The summed E-state index contributed by atoms with van der Waals surface area (Å²) in [7, 11) is 0. The maximum absolute atomic E-state index is 12.3. The third-order valence-electron chi connectivity index (χ3n) is 3.48. The molecule has 2 rings (SSSR count). The van der Waals surface area contributed by atoms with Crippen LogP contribution in [0.25, 0.3) is 0 Å². The number of nitrogens with one attached hydrogen (secondary N) is 1. The Morgan fingerprint density at radius 1 is 1.18 bits per heavy atom. The Labute approximate surface area is 139 Å². The Morgan fingerprint density at radius 3 is 2.50 bits per heavy atom. The summed E-state index contributed by atoms with van der Waals surface area (Å²) in [6.45, 7) is 7.33. The molecule has 22 heavy (non-hydrogen) atoms. The van der Waals surface area contributed by atoms with Gasteiger partial charge in [0.1, 0.15) is 5.69 Å². The fourth-order valence-corrected chi connectivity index (χ4v) is 2.43. The first-order valence-corrected chi connectivity index (χ1v) is 8.13. The van der Waals surface area contributed by atoms with Crippen LogP contribution in [0.1, 0.15) is 29.9 Å². The average molecular weight is 362 g/mol. The molecule has 0 radical (unpaired) electrons. The summed E-state index contributed by atoms with van der Waals surface area (Å²) in [6.07, 6.45) is 1.66. The SMILES string of the molecule is CCN(CC)C(=O)c1cc(Nc2ccc(Br)c(C)c2)ccn1. The van der Waals surface area contributed by atoms with Gasteiger partial charge in [-0.05, 0) is 56.7 Å².